The first-order valence-electron chi connectivity index (χ1n) is 8.65. The van der Waals surface area contributed by atoms with E-state index in [0.717, 1.165) is 37.1 Å². The average Bonchev–Trinajstić information content (AvgIpc) is 3.28. The van der Waals surface area contributed by atoms with Crippen molar-refractivity contribution in [1.82, 2.24) is 24.9 Å². The van der Waals surface area contributed by atoms with Crippen LogP contribution >= 0.6 is 12.4 Å². The van der Waals surface area contributed by atoms with E-state index in [1.54, 1.807) is 0 Å². The average molecular weight is 348 g/mol. The molecule has 0 amide bonds. The van der Waals surface area contributed by atoms with Gasteiger partial charge in [-0.25, -0.2) is 4.68 Å². The molecule has 1 aromatic heterocycles. The molecule has 1 unspecified atom stereocenters. The van der Waals surface area contributed by atoms with Gasteiger partial charge in [0.15, 0.2) is 0 Å². The largest absolute Gasteiger partial charge is 0.315 e. The van der Waals surface area contributed by atoms with Crippen molar-refractivity contribution in [2.24, 2.45) is 0 Å². The predicted octanol–water partition coefficient (Wildman–Crippen LogP) is 1.77. The second-order valence-corrected chi connectivity index (χ2v) is 6.55. The Kier molecular flexibility index (Phi) is 5.89. The topological polar surface area (TPSA) is 36.3 Å². The Hall–Kier alpha value is -1.40. The summed E-state index contributed by atoms with van der Waals surface area (Å²) in [7, 11) is 0. The molecule has 0 aliphatic carbocycles. The second-order valence-electron chi connectivity index (χ2n) is 6.55. The Morgan fingerprint density at radius 1 is 1.04 bits per heavy atom. The highest BCUT2D eigenvalue weighted by Crippen LogP contribution is 2.14. The highest BCUT2D eigenvalue weighted by molar-refractivity contribution is 5.85. The first-order chi connectivity index (χ1) is 11.4. The molecule has 0 radical (unpaired) electrons. The summed E-state index contributed by atoms with van der Waals surface area (Å²) in [6.07, 6.45) is 3.37. The summed E-state index contributed by atoms with van der Waals surface area (Å²) in [6.45, 7) is 7.97. The van der Waals surface area contributed by atoms with Gasteiger partial charge in [0, 0.05) is 51.5 Å². The molecule has 0 bridgehead atoms. The molecular formula is C18H26ClN5. The van der Waals surface area contributed by atoms with Gasteiger partial charge in [-0.05, 0) is 31.2 Å². The molecule has 24 heavy (non-hydrogen) atoms. The number of para-hydroxylation sites is 1. The molecule has 1 N–H and O–H groups in total. The van der Waals surface area contributed by atoms with Gasteiger partial charge in [-0.2, -0.15) is 5.10 Å². The molecule has 3 heterocycles. The fourth-order valence-corrected chi connectivity index (χ4v) is 3.64. The lowest BCUT2D eigenvalue weighted by Gasteiger charge is -2.37. The van der Waals surface area contributed by atoms with Crippen LogP contribution < -0.4 is 5.32 Å². The Labute approximate surface area is 150 Å². The zero-order chi connectivity index (χ0) is 15.5. The Balaban J connectivity index is 0.00000169. The van der Waals surface area contributed by atoms with E-state index in [4.69, 9.17) is 5.10 Å². The quantitative estimate of drug-likeness (QED) is 0.914. The molecule has 1 atom stereocenters. The molecule has 2 fully saturated rings. The number of benzene rings is 1. The predicted molar refractivity (Wildman–Crippen MR) is 98.9 cm³/mol. The van der Waals surface area contributed by atoms with E-state index in [0.29, 0.717) is 0 Å². The van der Waals surface area contributed by atoms with E-state index >= 15 is 0 Å². The standard InChI is InChI=1S/C18H25N5.ClH/c1-2-4-17(5-3-1)23-9-7-16(20-23)15-21-10-12-22(13-11-21)18-6-8-19-14-18;/h1-5,7,9,18-19H,6,8,10-15H2;1H. The molecule has 4 rings (SSSR count). The smallest absolute Gasteiger partial charge is 0.0769 e. The van der Waals surface area contributed by atoms with Crippen molar-refractivity contribution in [3.05, 3.63) is 48.3 Å². The highest BCUT2D eigenvalue weighted by Gasteiger charge is 2.26. The van der Waals surface area contributed by atoms with E-state index in [9.17, 15) is 0 Å². The first-order valence-corrected chi connectivity index (χ1v) is 8.65. The summed E-state index contributed by atoms with van der Waals surface area (Å²) in [5, 5.41) is 8.19. The van der Waals surface area contributed by atoms with Crippen LogP contribution in [-0.2, 0) is 6.54 Å². The minimum atomic E-state index is 0. The van der Waals surface area contributed by atoms with Crippen LogP contribution in [0.4, 0.5) is 0 Å². The van der Waals surface area contributed by atoms with E-state index in [-0.39, 0.29) is 12.4 Å². The van der Waals surface area contributed by atoms with Gasteiger partial charge in [-0.1, -0.05) is 18.2 Å². The maximum atomic E-state index is 4.72. The van der Waals surface area contributed by atoms with Crippen LogP contribution in [0.25, 0.3) is 5.69 Å². The number of halogens is 1. The van der Waals surface area contributed by atoms with Gasteiger partial charge < -0.3 is 5.32 Å². The van der Waals surface area contributed by atoms with Gasteiger partial charge in [-0.3, -0.25) is 9.80 Å². The molecule has 6 heteroatoms. The lowest BCUT2D eigenvalue weighted by molar-refractivity contribution is 0.0973. The van der Waals surface area contributed by atoms with Crippen LogP contribution in [-0.4, -0.2) is 64.9 Å². The van der Waals surface area contributed by atoms with Crippen molar-refractivity contribution in [3.63, 3.8) is 0 Å². The van der Waals surface area contributed by atoms with Gasteiger partial charge in [0.1, 0.15) is 0 Å². The fourth-order valence-electron chi connectivity index (χ4n) is 3.64. The summed E-state index contributed by atoms with van der Waals surface area (Å²) in [6, 6.07) is 13.2. The molecule has 2 saturated heterocycles. The SMILES string of the molecule is Cl.c1ccc(-n2ccc(CN3CCN(C4CCNC4)CC3)n2)cc1. The summed E-state index contributed by atoms with van der Waals surface area (Å²) in [5.41, 5.74) is 2.28. The maximum absolute atomic E-state index is 4.72. The molecule has 0 spiro atoms. The van der Waals surface area contributed by atoms with Crippen LogP contribution in [0.2, 0.25) is 0 Å². The first kappa shape index (κ1) is 17.4. The molecule has 2 aromatic rings. The van der Waals surface area contributed by atoms with E-state index in [2.05, 4.69) is 39.5 Å². The molecule has 2 aliphatic heterocycles. The number of hydrogen-bond donors (Lipinski definition) is 1. The monoisotopic (exact) mass is 347 g/mol. The third-order valence-corrected chi connectivity index (χ3v) is 5.01. The minimum absolute atomic E-state index is 0. The van der Waals surface area contributed by atoms with Crippen LogP contribution in [0.1, 0.15) is 12.1 Å². The van der Waals surface area contributed by atoms with Gasteiger partial charge in [0.05, 0.1) is 11.4 Å². The van der Waals surface area contributed by atoms with Crippen molar-refractivity contribution in [2.45, 2.75) is 19.0 Å². The van der Waals surface area contributed by atoms with Crippen LogP contribution in [0.15, 0.2) is 42.6 Å². The van der Waals surface area contributed by atoms with Crippen molar-refractivity contribution < 1.29 is 0 Å². The summed E-state index contributed by atoms with van der Waals surface area (Å²) < 4.78 is 1.97. The van der Waals surface area contributed by atoms with Crippen molar-refractivity contribution in [3.8, 4) is 5.69 Å². The maximum Gasteiger partial charge on any atom is 0.0769 e. The number of aromatic nitrogens is 2. The van der Waals surface area contributed by atoms with E-state index in [1.165, 1.54) is 32.6 Å². The second kappa shape index (κ2) is 8.12. The third kappa shape index (κ3) is 3.98. The van der Waals surface area contributed by atoms with Crippen molar-refractivity contribution in [1.29, 1.82) is 0 Å². The Morgan fingerprint density at radius 3 is 2.54 bits per heavy atom. The Morgan fingerprint density at radius 2 is 1.83 bits per heavy atom. The summed E-state index contributed by atoms with van der Waals surface area (Å²) in [4.78, 5) is 5.18. The zero-order valence-electron chi connectivity index (χ0n) is 14.0. The molecule has 1 aromatic carbocycles. The molecule has 5 nitrogen and oxygen atoms in total. The highest BCUT2D eigenvalue weighted by atomic mass is 35.5. The van der Waals surface area contributed by atoms with E-state index < -0.39 is 0 Å². The van der Waals surface area contributed by atoms with Crippen LogP contribution in [0.3, 0.4) is 0 Å². The van der Waals surface area contributed by atoms with Crippen LogP contribution in [0, 0.1) is 0 Å². The Bertz CT molecular complexity index is 615. The normalized spacial score (nSPS) is 22.4. The molecule has 0 saturated carbocycles. The van der Waals surface area contributed by atoms with Crippen LogP contribution in [0.5, 0.6) is 0 Å². The number of nitrogens with zero attached hydrogens (tertiary/aromatic N) is 4. The van der Waals surface area contributed by atoms with Gasteiger partial charge in [0.25, 0.3) is 0 Å². The van der Waals surface area contributed by atoms with Crippen molar-refractivity contribution in [2.75, 3.05) is 39.3 Å². The molecule has 130 valence electrons. The van der Waals surface area contributed by atoms with E-state index in [1.807, 2.05) is 22.9 Å². The van der Waals surface area contributed by atoms with Gasteiger partial charge >= 0.3 is 0 Å². The lowest BCUT2D eigenvalue weighted by Crippen LogP contribution is -2.50. The number of hydrogen-bond acceptors (Lipinski definition) is 4. The van der Waals surface area contributed by atoms with Gasteiger partial charge in [0.2, 0.25) is 0 Å². The molecule has 2 aliphatic rings. The summed E-state index contributed by atoms with van der Waals surface area (Å²) in [5.74, 6) is 0. The van der Waals surface area contributed by atoms with Gasteiger partial charge in [-0.15, -0.1) is 12.4 Å². The molecular weight excluding hydrogens is 322 g/mol. The minimum Gasteiger partial charge on any atom is -0.315 e. The number of rotatable bonds is 4. The fraction of sp³-hybridized carbons (Fsp3) is 0.500. The number of nitrogens with one attached hydrogen (secondary N) is 1. The zero-order valence-corrected chi connectivity index (χ0v) is 14.8. The summed E-state index contributed by atoms with van der Waals surface area (Å²) >= 11 is 0. The lowest BCUT2D eigenvalue weighted by atomic mass is 10.2. The number of piperazine rings is 1. The third-order valence-electron chi connectivity index (χ3n) is 5.01. The van der Waals surface area contributed by atoms with Crippen molar-refractivity contribution >= 4 is 12.4 Å².